The summed E-state index contributed by atoms with van der Waals surface area (Å²) in [6.45, 7) is 0.516. The van der Waals surface area contributed by atoms with Gasteiger partial charge in [-0.25, -0.2) is 0 Å². The number of nitrogens with two attached hydrogens (primary N) is 1. The minimum absolute atomic E-state index is 0. The third-order valence-corrected chi connectivity index (χ3v) is 4.21. The van der Waals surface area contributed by atoms with Gasteiger partial charge in [0, 0.05) is 6.42 Å². The number of nitrogens with one attached hydrogen (secondary N) is 2. The Kier molecular flexibility index (Phi) is 7.44. The van der Waals surface area contributed by atoms with Crippen LogP contribution in [0.2, 0.25) is 0 Å². The molecule has 23 heavy (non-hydrogen) atoms. The van der Waals surface area contributed by atoms with Gasteiger partial charge in [-0.3, -0.25) is 20.0 Å². The normalized spacial score (nSPS) is 16.3. The minimum Gasteiger partial charge on any atom is -0.469 e. The Hall–Kier alpha value is -1.67. The molecule has 0 aliphatic heterocycles. The Balaban J connectivity index is 0.00000264. The quantitative estimate of drug-likeness (QED) is 0.665. The number of esters is 1. The zero-order valence-electron chi connectivity index (χ0n) is 13.3. The van der Waals surface area contributed by atoms with Crippen LogP contribution in [0.25, 0.3) is 0 Å². The molecule has 0 saturated heterocycles. The molecule has 0 radical (unpaired) electrons. The molecular weight excluding hydrogens is 322 g/mol. The minimum atomic E-state index is -0.418. The molecule has 1 aromatic heterocycles. The molecule has 0 aromatic carbocycles. The number of anilines is 1. The number of aromatic amines is 1. The SMILES string of the molecule is COC(=O)Cc1nc(NC(=O)CC2(CN)CCCCC2)n[nH]1.Cl. The smallest absolute Gasteiger partial charge is 0.313 e. The van der Waals surface area contributed by atoms with E-state index in [1.54, 1.807) is 0 Å². The van der Waals surface area contributed by atoms with Crippen LogP contribution in [0.15, 0.2) is 0 Å². The number of aromatic nitrogens is 3. The van der Waals surface area contributed by atoms with Crippen LogP contribution in [-0.4, -0.2) is 40.7 Å². The van der Waals surface area contributed by atoms with Crippen LogP contribution in [0.1, 0.15) is 44.3 Å². The molecule has 0 spiro atoms. The molecule has 0 bridgehead atoms. The Morgan fingerprint density at radius 3 is 2.65 bits per heavy atom. The van der Waals surface area contributed by atoms with Crippen molar-refractivity contribution in [2.45, 2.75) is 44.9 Å². The summed E-state index contributed by atoms with van der Waals surface area (Å²) in [5.41, 5.74) is 5.78. The van der Waals surface area contributed by atoms with Crippen molar-refractivity contribution in [3.05, 3.63) is 5.82 Å². The van der Waals surface area contributed by atoms with Gasteiger partial charge in [0.1, 0.15) is 12.2 Å². The summed E-state index contributed by atoms with van der Waals surface area (Å²) in [5, 5.41) is 9.14. The highest BCUT2D eigenvalue weighted by Gasteiger charge is 2.33. The summed E-state index contributed by atoms with van der Waals surface area (Å²) in [6, 6.07) is 0. The Morgan fingerprint density at radius 1 is 1.35 bits per heavy atom. The topological polar surface area (TPSA) is 123 Å². The fraction of sp³-hybridized carbons (Fsp3) is 0.714. The van der Waals surface area contributed by atoms with Crippen LogP contribution >= 0.6 is 12.4 Å². The lowest BCUT2D eigenvalue weighted by Crippen LogP contribution is -2.36. The average molecular weight is 346 g/mol. The molecule has 9 heteroatoms. The van der Waals surface area contributed by atoms with Crippen LogP contribution in [0.3, 0.4) is 0 Å². The van der Waals surface area contributed by atoms with Crippen molar-refractivity contribution in [1.29, 1.82) is 0 Å². The molecular formula is C14H24ClN5O3. The van der Waals surface area contributed by atoms with Crippen LogP contribution in [-0.2, 0) is 20.7 Å². The monoisotopic (exact) mass is 345 g/mol. The molecule has 1 fully saturated rings. The van der Waals surface area contributed by atoms with Gasteiger partial charge < -0.3 is 10.5 Å². The van der Waals surface area contributed by atoms with Crippen LogP contribution in [0, 0.1) is 5.41 Å². The summed E-state index contributed by atoms with van der Waals surface area (Å²) >= 11 is 0. The van der Waals surface area contributed by atoms with E-state index in [1.165, 1.54) is 13.5 Å². The maximum atomic E-state index is 12.2. The number of carbonyl (C=O) groups excluding carboxylic acids is 2. The van der Waals surface area contributed by atoms with E-state index in [0.717, 1.165) is 25.7 Å². The van der Waals surface area contributed by atoms with Gasteiger partial charge in [0.15, 0.2) is 0 Å². The second-order valence-corrected chi connectivity index (χ2v) is 5.85. The number of rotatable bonds is 6. The molecule has 8 nitrogen and oxygen atoms in total. The largest absolute Gasteiger partial charge is 0.469 e. The highest BCUT2D eigenvalue weighted by atomic mass is 35.5. The molecule has 4 N–H and O–H groups in total. The van der Waals surface area contributed by atoms with Crippen LogP contribution in [0.5, 0.6) is 0 Å². The molecule has 1 saturated carbocycles. The lowest BCUT2D eigenvalue weighted by Gasteiger charge is -2.35. The highest BCUT2D eigenvalue weighted by Crippen LogP contribution is 2.38. The number of amides is 1. The van der Waals surface area contributed by atoms with Crippen molar-refractivity contribution < 1.29 is 14.3 Å². The highest BCUT2D eigenvalue weighted by molar-refractivity contribution is 5.89. The van der Waals surface area contributed by atoms with Crippen molar-refractivity contribution in [2.75, 3.05) is 19.0 Å². The second-order valence-electron chi connectivity index (χ2n) is 5.85. The van der Waals surface area contributed by atoms with Crippen LogP contribution in [0.4, 0.5) is 5.95 Å². The van der Waals surface area contributed by atoms with Gasteiger partial charge in [-0.15, -0.1) is 17.5 Å². The van der Waals surface area contributed by atoms with Gasteiger partial charge in [-0.05, 0) is 24.8 Å². The molecule has 2 rings (SSSR count). The van der Waals surface area contributed by atoms with Crippen molar-refractivity contribution in [1.82, 2.24) is 15.2 Å². The summed E-state index contributed by atoms with van der Waals surface area (Å²) in [6.07, 6.45) is 5.79. The molecule has 130 valence electrons. The molecule has 0 atom stereocenters. The first kappa shape index (κ1) is 19.4. The number of methoxy groups -OCH3 is 1. The predicted octanol–water partition coefficient (Wildman–Crippen LogP) is 1.18. The molecule has 1 amide bonds. The van der Waals surface area contributed by atoms with E-state index in [1.807, 2.05) is 0 Å². The number of ether oxygens (including phenoxy) is 1. The fourth-order valence-electron chi connectivity index (χ4n) is 2.90. The van der Waals surface area contributed by atoms with Gasteiger partial charge in [0.2, 0.25) is 11.9 Å². The average Bonchev–Trinajstić information content (AvgIpc) is 2.94. The zero-order chi connectivity index (χ0) is 16.0. The van der Waals surface area contributed by atoms with E-state index in [4.69, 9.17) is 5.73 Å². The Morgan fingerprint density at radius 2 is 2.04 bits per heavy atom. The second kappa shape index (κ2) is 8.83. The van der Waals surface area contributed by atoms with E-state index in [2.05, 4.69) is 25.2 Å². The molecule has 0 unspecified atom stereocenters. The Labute approximate surface area is 141 Å². The molecule has 1 aliphatic carbocycles. The number of halogens is 1. The van der Waals surface area contributed by atoms with Crippen molar-refractivity contribution in [3.8, 4) is 0 Å². The van der Waals surface area contributed by atoms with Gasteiger partial charge in [-0.2, -0.15) is 4.98 Å². The van der Waals surface area contributed by atoms with E-state index >= 15 is 0 Å². The van der Waals surface area contributed by atoms with Gasteiger partial charge >= 0.3 is 5.97 Å². The fourth-order valence-corrected chi connectivity index (χ4v) is 2.90. The van der Waals surface area contributed by atoms with Crippen LogP contribution < -0.4 is 11.1 Å². The first-order valence-corrected chi connectivity index (χ1v) is 7.55. The number of carbonyl (C=O) groups is 2. The summed E-state index contributed by atoms with van der Waals surface area (Å²) < 4.78 is 4.54. The maximum Gasteiger partial charge on any atom is 0.313 e. The standard InChI is InChI=1S/C14H23N5O3.ClH/c1-22-12(21)7-10-16-13(19-18-10)17-11(20)8-14(9-15)5-3-2-4-6-14;/h2-9,15H2,1H3,(H2,16,17,18,19,20);1H. The first-order valence-electron chi connectivity index (χ1n) is 7.55. The van der Waals surface area contributed by atoms with Crippen molar-refractivity contribution >= 4 is 30.2 Å². The number of nitrogens with zero attached hydrogens (tertiary/aromatic N) is 2. The number of hydrogen-bond acceptors (Lipinski definition) is 6. The maximum absolute atomic E-state index is 12.2. The number of H-pyrrole nitrogens is 1. The van der Waals surface area contributed by atoms with Gasteiger partial charge in [0.25, 0.3) is 0 Å². The van der Waals surface area contributed by atoms with Crippen molar-refractivity contribution in [3.63, 3.8) is 0 Å². The van der Waals surface area contributed by atoms with E-state index in [9.17, 15) is 9.59 Å². The third kappa shape index (κ3) is 5.47. The lowest BCUT2D eigenvalue weighted by atomic mass is 9.72. The zero-order valence-corrected chi connectivity index (χ0v) is 14.1. The lowest BCUT2D eigenvalue weighted by molar-refractivity contribution is -0.139. The molecule has 1 aliphatic rings. The molecule has 1 aromatic rings. The molecule has 1 heterocycles. The third-order valence-electron chi connectivity index (χ3n) is 4.21. The van der Waals surface area contributed by atoms with Gasteiger partial charge in [0.05, 0.1) is 7.11 Å². The number of hydrogen-bond donors (Lipinski definition) is 3. The Bertz CT molecular complexity index is 528. The van der Waals surface area contributed by atoms with E-state index in [0.29, 0.717) is 18.8 Å². The summed E-state index contributed by atoms with van der Waals surface area (Å²) in [4.78, 5) is 27.4. The summed E-state index contributed by atoms with van der Waals surface area (Å²) in [7, 11) is 1.30. The van der Waals surface area contributed by atoms with E-state index in [-0.39, 0.29) is 36.1 Å². The van der Waals surface area contributed by atoms with E-state index < -0.39 is 5.97 Å². The summed E-state index contributed by atoms with van der Waals surface area (Å²) in [5.74, 6) is -0.0328. The first-order chi connectivity index (χ1) is 10.6. The van der Waals surface area contributed by atoms with Crippen molar-refractivity contribution in [2.24, 2.45) is 11.1 Å². The predicted molar refractivity (Wildman–Crippen MR) is 87.2 cm³/mol. The van der Waals surface area contributed by atoms with Gasteiger partial charge in [-0.1, -0.05) is 19.3 Å².